The van der Waals surface area contributed by atoms with Gasteiger partial charge in [0.1, 0.15) is 6.54 Å². The Hall–Kier alpha value is -1.53. The van der Waals surface area contributed by atoms with Gasteiger partial charge in [0.15, 0.2) is 0 Å². The van der Waals surface area contributed by atoms with Crippen molar-refractivity contribution in [1.29, 1.82) is 0 Å². The van der Waals surface area contributed by atoms with Crippen molar-refractivity contribution in [3.8, 4) is 0 Å². The van der Waals surface area contributed by atoms with Crippen LogP contribution >= 0.6 is 27.5 Å². The van der Waals surface area contributed by atoms with Crippen LogP contribution in [0.4, 0.5) is 5.69 Å². The first-order chi connectivity index (χ1) is 9.45. The van der Waals surface area contributed by atoms with E-state index in [1.54, 1.807) is 12.4 Å². The second kappa shape index (κ2) is 6.28. The van der Waals surface area contributed by atoms with Crippen LogP contribution in [-0.2, 0) is 11.3 Å². The molecule has 106 valence electrons. The predicted molar refractivity (Wildman–Crippen MR) is 82.6 cm³/mol. The Labute approximate surface area is 130 Å². The Bertz CT molecular complexity index is 629. The summed E-state index contributed by atoms with van der Waals surface area (Å²) in [5.74, 6) is -0.427. The zero-order chi connectivity index (χ0) is 14.7. The maximum atomic E-state index is 10.8. The Kier molecular flexibility index (Phi) is 4.67. The van der Waals surface area contributed by atoms with E-state index >= 15 is 0 Å². The number of halogens is 2. The van der Waals surface area contributed by atoms with Crippen molar-refractivity contribution in [2.45, 2.75) is 19.5 Å². The summed E-state index contributed by atoms with van der Waals surface area (Å²) in [5, 5.41) is 8.01. The number of carbonyl (C=O) groups is 1. The average molecular weight is 358 g/mol. The van der Waals surface area contributed by atoms with E-state index in [-0.39, 0.29) is 12.6 Å². The number of amides is 1. The van der Waals surface area contributed by atoms with E-state index in [0.717, 1.165) is 15.7 Å². The van der Waals surface area contributed by atoms with Gasteiger partial charge in [0.05, 0.1) is 17.9 Å². The highest BCUT2D eigenvalue weighted by atomic mass is 79.9. The molecule has 1 aromatic carbocycles. The lowest BCUT2D eigenvalue weighted by molar-refractivity contribution is -0.118. The number of hydrogen-bond acceptors (Lipinski definition) is 3. The molecule has 0 fully saturated rings. The molecule has 0 aliphatic heterocycles. The third-order valence-corrected chi connectivity index (χ3v) is 3.58. The summed E-state index contributed by atoms with van der Waals surface area (Å²) in [6.07, 6.45) is 3.38. The minimum Gasteiger partial charge on any atom is -0.376 e. The van der Waals surface area contributed by atoms with Gasteiger partial charge in [0.2, 0.25) is 5.91 Å². The number of carbonyl (C=O) groups excluding carboxylic acids is 1. The van der Waals surface area contributed by atoms with E-state index in [4.69, 9.17) is 17.3 Å². The average Bonchev–Trinajstić information content (AvgIpc) is 2.75. The molecule has 7 heteroatoms. The summed E-state index contributed by atoms with van der Waals surface area (Å²) in [4.78, 5) is 10.8. The molecule has 3 N–H and O–H groups in total. The Morgan fingerprint density at radius 3 is 3.00 bits per heavy atom. The van der Waals surface area contributed by atoms with Crippen molar-refractivity contribution in [2.75, 3.05) is 5.32 Å². The van der Waals surface area contributed by atoms with Crippen LogP contribution in [0.3, 0.4) is 0 Å². The smallest absolute Gasteiger partial charge is 0.239 e. The van der Waals surface area contributed by atoms with Crippen LogP contribution in [0.15, 0.2) is 35.1 Å². The van der Waals surface area contributed by atoms with Crippen LogP contribution in [0.25, 0.3) is 0 Å². The van der Waals surface area contributed by atoms with Crippen molar-refractivity contribution in [3.05, 3.63) is 45.7 Å². The molecule has 2 rings (SSSR count). The number of benzene rings is 1. The molecular weight excluding hydrogens is 344 g/mol. The van der Waals surface area contributed by atoms with Gasteiger partial charge in [0.25, 0.3) is 0 Å². The normalized spacial score (nSPS) is 12.2. The Morgan fingerprint density at radius 1 is 1.60 bits per heavy atom. The largest absolute Gasteiger partial charge is 0.376 e. The molecule has 0 aliphatic carbocycles. The molecule has 1 heterocycles. The minimum atomic E-state index is -0.427. The number of primary amides is 1. The van der Waals surface area contributed by atoms with Crippen molar-refractivity contribution >= 4 is 39.1 Å². The maximum absolute atomic E-state index is 10.8. The molecule has 0 radical (unpaired) electrons. The lowest BCUT2D eigenvalue weighted by atomic mass is 10.1. The number of nitrogens with two attached hydrogens (primary N) is 1. The van der Waals surface area contributed by atoms with Crippen LogP contribution in [0.5, 0.6) is 0 Å². The topological polar surface area (TPSA) is 72.9 Å². The lowest BCUT2D eigenvalue weighted by Crippen LogP contribution is -2.18. The zero-order valence-electron chi connectivity index (χ0n) is 10.8. The summed E-state index contributed by atoms with van der Waals surface area (Å²) >= 11 is 9.59. The highest BCUT2D eigenvalue weighted by molar-refractivity contribution is 9.10. The van der Waals surface area contributed by atoms with Crippen LogP contribution in [0.1, 0.15) is 18.5 Å². The van der Waals surface area contributed by atoms with Crippen LogP contribution in [-0.4, -0.2) is 15.7 Å². The van der Waals surface area contributed by atoms with Crippen molar-refractivity contribution in [1.82, 2.24) is 9.78 Å². The monoisotopic (exact) mass is 356 g/mol. The summed E-state index contributed by atoms with van der Waals surface area (Å²) in [5.41, 5.74) is 6.91. The number of nitrogens with zero attached hydrogens (tertiary/aromatic N) is 2. The molecule has 0 spiro atoms. The molecule has 1 aromatic heterocycles. The van der Waals surface area contributed by atoms with E-state index in [0.29, 0.717) is 5.02 Å². The molecule has 2 aromatic rings. The van der Waals surface area contributed by atoms with Gasteiger partial charge in [-0.15, -0.1) is 0 Å². The zero-order valence-corrected chi connectivity index (χ0v) is 13.1. The van der Waals surface area contributed by atoms with Gasteiger partial charge in [-0.1, -0.05) is 33.6 Å². The van der Waals surface area contributed by atoms with E-state index in [1.165, 1.54) is 4.68 Å². The van der Waals surface area contributed by atoms with E-state index in [9.17, 15) is 4.79 Å². The first kappa shape index (κ1) is 14.9. The van der Waals surface area contributed by atoms with E-state index in [2.05, 4.69) is 26.3 Å². The quantitative estimate of drug-likeness (QED) is 0.864. The molecule has 0 saturated heterocycles. The summed E-state index contributed by atoms with van der Waals surface area (Å²) in [6, 6.07) is 5.76. The van der Waals surface area contributed by atoms with Crippen molar-refractivity contribution in [2.24, 2.45) is 5.73 Å². The first-order valence-corrected chi connectivity index (χ1v) is 7.15. The second-order valence-corrected chi connectivity index (χ2v) is 5.75. The summed E-state index contributed by atoms with van der Waals surface area (Å²) in [6.45, 7) is 2.07. The molecular formula is C13H14BrClN4O. The molecule has 5 nitrogen and oxygen atoms in total. The number of aromatic nitrogens is 2. The highest BCUT2D eigenvalue weighted by Crippen LogP contribution is 2.28. The number of nitrogens with one attached hydrogen (secondary N) is 1. The van der Waals surface area contributed by atoms with Crippen LogP contribution in [0.2, 0.25) is 5.02 Å². The number of anilines is 1. The molecule has 1 amide bonds. The van der Waals surface area contributed by atoms with E-state index in [1.807, 2.05) is 25.1 Å². The highest BCUT2D eigenvalue weighted by Gasteiger charge is 2.11. The fourth-order valence-electron chi connectivity index (χ4n) is 1.86. The van der Waals surface area contributed by atoms with Crippen molar-refractivity contribution in [3.63, 3.8) is 0 Å². The SMILES string of the molecule is CC(Nc1cnn(CC(N)=O)c1)c1ccc(Br)cc1Cl. The van der Waals surface area contributed by atoms with Gasteiger partial charge < -0.3 is 11.1 Å². The van der Waals surface area contributed by atoms with Gasteiger partial charge in [-0.25, -0.2) is 0 Å². The Morgan fingerprint density at radius 2 is 2.35 bits per heavy atom. The predicted octanol–water partition coefficient (Wildman–Crippen LogP) is 2.96. The van der Waals surface area contributed by atoms with Gasteiger partial charge >= 0.3 is 0 Å². The first-order valence-electron chi connectivity index (χ1n) is 5.98. The molecule has 20 heavy (non-hydrogen) atoms. The van der Waals surface area contributed by atoms with Crippen molar-refractivity contribution < 1.29 is 4.79 Å². The standard InChI is InChI=1S/C13H14BrClN4O/c1-8(11-3-2-9(14)4-12(11)15)18-10-5-17-19(6-10)7-13(16)20/h2-6,8,18H,7H2,1H3,(H2,16,20). The number of hydrogen-bond donors (Lipinski definition) is 2. The Balaban J connectivity index is 2.09. The third-order valence-electron chi connectivity index (χ3n) is 2.76. The molecule has 1 unspecified atom stereocenters. The minimum absolute atomic E-state index is 0.0156. The molecule has 0 aliphatic rings. The van der Waals surface area contributed by atoms with Gasteiger partial charge in [0, 0.05) is 15.7 Å². The van der Waals surface area contributed by atoms with Crippen LogP contribution < -0.4 is 11.1 Å². The number of rotatable bonds is 5. The molecule has 0 saturated carbocycles. The summed E-state index contributed by atoms with van der Waals surface area (Å²) in [7, 11) is 0. The molecule has 0 bridgehead atoms. The van der Waals surface area contributed by atoms with Gasteiger partial charge in [-0.2, -0.15) is 5.10 Å². The maximum Gasteiger partial charge on any atom is 0.239 e. The fraction of sp³-hybridized carbons (Fsp3) is 0.231. The van der Waals surface area contributed by atoms with Gasteiger partial charge in [-0.05, 0) is 24.6 Å². The second-order valence-electron chi connectivity index (χ2n) is 4.42. The fourth-order valence-corrected chi connectivity index (χ4v) is 2.70. The van der Waals surface area contributed by atoms with E-state index < -0.39 is 5.91 Å². The molecule has 1 atom stereocenters. The van der Waals surface area contributed by atoms with Gasteiger partial charge in [-0.3, -0.25) is 9.48 Å². The third kappa shape index (κ3) is 3.74. The summed E-state index contributed by atoms with van der Waals surface area (Å²) < 4.78 is 2.42. The lowest BCUT2D eigenvalue weighted by Gasteiger charge is -2.15. The van der Waals surface area contributed by atoms with Crippen LogP contribution in [0, 0.1) is 0 Å².